The van der Waals surface area contributed by atoms with Crippen LogP contribution in [0.15, 0.2) is 55.8 Å². The van der Waals surface area contributed by atoms with Crippen LogP contribution in [-0.2, 0) is 12.3 Å². The van der Waals surface area contributed by atoms with Gasteiger partial charge >= 0.3 is 0 Å². The van der Waals surface area contributed by atoms with Crippen molar-refractivity contribution in [1.82, 2.24) is 29.9 Å². The van der Waals surface area contributed by atoms with Crippen molar-refractivity contribution in [2.24, 2.45) is 0 Å². The highest BCUT2D eigenvalue weighted by molar-refractivity contribution is 9.11. The Morgan fingerprint density at radius 2 is 1.90 bits per heavy atom. The third-order valence-corrected chi connectivity index (χ3v) is 7.38. The van der Waals surface area contributed by atoms with E-state index in [1.165, 1.54) is 5.56 Å². The van der Waals surface area contributed by atoms with Crippen LogP contribution in [-0.4, -0.2) is 44.0 Å². The second-order valence-electron chi connectivity index (χ2n) is 7.19. The molecule has 3 aromatic heterocycles. The fourth-order valence-electron chi connectivity index (χ4n) is 3.31. The molecule has 0 spiro atoms. The fourth-order valence-corrected chi connectivity index (χ4v) is 5.40. The topological polar surface area (TPSA) is 72.9 Å². The van der Waals surface area contributed by atoms with Gasteiger partial charge in [-0.25, -0.2) is 0 Å². The third-order valence-electron chi connectivity index (χ3n) is 4.81. The van der Waals surface area contributed by atoms with E-state index in [-0.39, 0.29) is 6.04 Å². The normalized spacial score (nSPS) is 12.5. The molecule has 0 unspecified atom stereocenters. The molecule has 3 heterocycles. The van der Waals surface area contributed by atoms with Gasteiger partial charge in [-0.05, 0) is 54.1 Å². The van der Waals surface area contributed by atoms with E-state index in [4.69, 9.17) is 4.42 Å². The minimum atomic E-state index is 0.192. The van der Waals surface area contributed by atoms with Crippen LogP contribution in [0.1, 0.15) is 36.7 Å². The van der Waals surface area contributed by atoms with Gasteiger partial charge in [0.15, 0.2) is 11.0 Å². The van der Waals surface area contributed by atoms with Crippen LogP contribution < -0.4 is 0 Å². The van der Waals surface area contributed by atoms with Crippen molar-refractivity contribution in [1.29, 1.82) is 0 Å². The molecule has 10 heteroatoms. The van der Waals surface area contributed by atoms with Crippen molar-refractivity contribution >= 4 is 39.0 Å². The maximum absolute atomic E-state index is 5.86. The molecule has 0 bridgehead atoms. The van der Waals surface area contributed by atoms with Crippen LogP contribution >= 0.6 is 39.0 Å². The first-order valence-electron chi connectivity index (χ1n) is 9.89. The summed E-state index contributed by atoms with van der Waals surface area (Å²) in [6, 6.07) is 14.5. The Morgan fingerprint density at radius 1 is 1.10 bits per heavy atom. The molecule has 0 radical (unpaired) electrons. The predicted octanol–water partition coefficient (Wildman–Crippen LogP) is 5.51. The standard InChI is InChI=1S/C21H23BrN6OS2/c1-4-15(27(2)3)19-24-26-21(28(19)12-14-8-6-5-7-9-14)30-13-18-23-25-20(29-18)16-10-11-17(22)31-16/h5-11,15H,4,12-13H2,1-3H3/t15-/m1/s1. The number of nitrogens with zero attached hydrogens (tertiary/aromatic N) is 6. The summed E-state index contributed by atoms with van der Waals surface area (Å²) < 4.78 is 9.09. The highest BCUT2D eigenvalue weighted by Gasteiger charge is 2.23. The predicted molar refractivity (Wildman–Crippen MR) is 127 cm³/mol. The number of hydrogen-bond donors (Lipinski definition) is 0. The molecule has 1 atom stereocenters. The molecule has 0 fully saturated rings. The molecule has 0 aliphatic rings. The van der Waals surface area contributed by atoms with E-state index in [1.54, 1.807) is 23.1 Å². The van der Waals surface area contributed by atoms with Crippen LogP contribution in [0.5, 0.6) is 0 Å². The zero-order valence-corrected chi connectivity index (χ0v) is 20.7. The molecule has 0 aliphatic heterocycles. The van der Waals surface area contributed by atoms with Gasteiger partial charge in [-0.2, -0.15) is 0 Å². The van der Waals surface area contributed by atoms with E-state index >= 15 is 0 Å². The minimum absolute atomic E-state index is 0.192. The number of thiophene rings is 1. The fraction of sp³-hybridized carbons (Fsp3) is 0.333. The van der Waals surface area contributed by atoms with Crippen LogP contribution in [0.2, 0.25) is 0 Å². The Morgan fingerprint density at radius 3 is 2.58 bits per heavy atom. The molecule has 7 nitrogen and oxygen atoms in total. The second-order valence-corrected chi connectivity index (χ2v) is 10.6. The number of thioether (sulfide) groups is 1. The molecule has 0 aliphatic carbocycles. The summed E-state index contributed by atoms with van der Waals surface area (Å²) in [4.78, 5) is 3.13. The van der Waals surface area contributed by atoms with Gasteiger partial charge in [-0.15, -0.1) is 31.7 Å². The molecule has 4 rings (SSSR count). The molecule has 0 saturated carbocycles. The summed E-state index contributed by atoms with van der Waals surface area (Å²) in [6.45, 7) is 2.88. The van der Waals surface area contributed by atoms with E-state index in [0.717, 1.165) is 26.1 Å². The van der Waals surface area contributed by atoms with Gasteiger partial charge in [-0.1, -0.05) is 49.0 Å². The first-order valence-corrected chi connectivity index (χ1v) is 12.5. The highest BCUT2D eigenvalue weighted by Crippen LogP contribution is 2.32. The summed E-state index contributed by atoms with van der Waals surface area (Å²) in [7, 11) is 4.15. The molecule has 1 aromatic carbocycles. The first-order chi connectivity index (χ1) is 15.0. The Labute approximate surface area is 198 Å². The largest absolute Gasteiger partial charge is 0.419 e. The van der Waals surface area contributed by atoms with Gasteiger partial charge < -0.3 is 8.98 Å². The summed E-state index contributed by atoms with van der Waals surface area (Å²) in [6.07, 6.45) is 0.952. The highest BCUT2D eigenvalue weighted by atomic mass is 79.9. The van der Waals surface area contributed by atoms with Crippen molar-refractivity contribution in [3.05, 3.63) is 63.5 Å². The minimum Gasteiger partial charge on any atom is -0.419 e. The summed E-state index contributed by atoms with van der Waals surface area (Å²) >= 11 is 6.59. The molecule has 0 saturated heterocycles. The lowest BCUT2D eigenvalue weighted by atomic mass is 10.2. The number of benzene rings is 1. The van der Waals surface area contributed by atoms with E-state index in [0.29, 0.717) is 24.1 Å². The number of rotatable bonds is 9. The average molecular weight is 519 g/mol. The summed E-state index contributed by atoms with van der Waals surface area (Å²) in [5, 5.41) is 18.3. The maximum Gasteiger partial charge on any atom is 0.257 e. The lowest BCUT2D eigenvalue weighted by Gasteiger charge is -2.23. The van der Waals surface area contributed by atoms with E-state index < -0.39 is 0 Å². The average Bonchev–Trinajstić information content (AvgIpc) is 3.49. The van der Waals surface area contributed by atoms with Crippen LogP contribution in [0.25, 0.3) is 10.8 Å². The van der Waals surface area contributed by atoms with Crippen molar-refractivity contribution in [3.63, 3.8) is 0 Å². The van der Waals surface area contributed by atoms with E-state index in [1.807, 2.05) is 18.2 Å². The Hall–Kier alpha value is -2.01. The van der Waals surface area contributed by atoms with Gasteiger partial charge in [0, 0.05) is 0 Å². The molecule has 4 aromatic rings. The molecule has 162 valence electrons. The molecule has 31 heavy (non-hydrogen) atoms. The smallest absolute Gasteiger partial charge is 0.257 e. The monoisotopic (exact) mass is 518 g/mol. The number of halogens is 1. The molecular formula is C21H23BrN6OS2. The third kappa shape index (κ3) is 5.25. The van der Waals surface area contributed by atoms with E-state index in [9.17, 15) is 0 Å². The van der Waals surface area contributed by atoms with Crippen molar-refractivity contribution in [2.75, 3.05) is 14.1 Å². The van der Waals surface area contributed by atoms with Crippen LogP contribution in [0.3, 0.4) is 0 Å². The van der Waals surface area contributed by atoms with Gasteiger partial charge in [0.25, 0.3) is 5.89 Å². The summed E-state index contributed by atoms with van der Waals surface area (Å²) in [5.74, 6) is 2.61. The SMILES string of the molecule is CC[C@H](c1nnc(SCc2nnc(-c3ccc(Br)s3)o2)n1Cc1ccccc1)N(C)C. The van der Waals surface area contributed by atoms with Gasteiger partial charge in [0.2, 0.25) is 5.89 Å². The van der Waals surface area contributed by atoms with Crippen molar-refractivity contribution in [2.45, 2.75) is 36.8 Å². The van der Waals surface area contributed by atoms with Crippen molar-refractivity contribution in [3.8, 4) is 10.8 Å². The van der Waals surface area contributed by atoms with Gasteiger partial charge in [0.1, 0.15) is 0 Å². The molecule has 0 N–H and O–H groups in total. The Balaban J connectivity index is 1.56. The van der Waals surface area contributed by atoms with Gasteiger partial charge in [-0.3, -0.25) is 4.90 Å². The molecule has 0 amide bonds. The van der Waals surface area contributed by atoms with E-state index in [2.05, 4.69) is 91.1 Å². The van der Waals surface area contributed by atoms with Crippen LogP contribution in [0, 0.1) is 0 Å². The number of aromatic nitrogens is 5. The second kappa shape index (κ2) is 10.1. The quantitative estimate of drug-likeness (QED) is 0.270. The molecular weight excluding hydrogens is 496 g/mol. The van der Waals surface area contributed by atoms with Crippen molar-refractivity contribution < 1.29 is 4.42 Å². The summed E-state index contributed by atoms with van der Waals surface area (Å²) in [5.41, 5.74) is 1.21. The zero-order chi connectivity index (χ0) is 21.8. The Bertz CT molecular complexity index is 1120. The Kier molecular flexibility index (Phi) is 7.21. The van der Waals surface area contributed by atoms with Gasteiger partial charge in [0.05, 0.1) is 27.0 Å². The zero-order valence-electron chi connectivity index (χ0n) is 17.5. The number of hydrogen-bond acceptors (Lipinski definition) is 8. The first kappa shape index (κ1) is 22.2. The lowest BCUT2D eigenvalue weighted by molar-refractivity contribution is 0.272. The lowest BCUT2D eigenvalue weighted by Crippen LogP contribution is -2.23. The maximum atomic E-state index is 5.86. The van der Waals surface area contributed by atoms with Crippen LogP contribution in [0.4, 0.5) is 0 Å².